The molecule has 0 radical (unpaired) electrons. The smallest absolute Gasteiger partial charge is 0.395 e. The van der Waals surface area contributed by atoms with E-state index in [1.165, 1.54) is 29.2 Å². The van der Waals surface area contributed by atoms with Gasteiger partial charge >= 0.3 is 6.18 Å². The monoisotopic (exact) mass is 299 g/mol. The molecule has 112 valence electrons. The molecule has 21 heavy (non-hydrogen) atoms. The van der Waals surface area contributed by atoms with Gasteiger partial charge in [-0.2, -0.15) is 13.2 Å². The Morgan fingerprint density at radius 3 is 2.81 bits per heavy atom. The number of alkyl halides is 3. The summed E-state index contributed by atoms with van der Waals surface area (Å²) in [6, 6.07) is 4.70. The highest BCUT2D eigenvalue weighted by Gasteiger charge is 2.30. The van der Waals surface area contributed by atoms with Gasteiger partial charge in [-0.15, -0.1) is 0 Å². The summed E-state index contributed by atoms with van der Waals surface area (Å²) in [5, 5.41) is 11.0. The summed E-state index contributed by atoms with van der Waals surface area (Å²) in [6.07, 6.45) is -1.86. The molecule has 8 heteroatoms. The number of aromatic nitrogens is 2. The van der Waals surface area contributed by atoms with Gasteiger partial charge in [0.1, 0.15) is 12.0 Å². The maximum atomic E-state index is 12.6. The molecular weight excluding hydrogens is 287 g/mol. The van der Waals surface area contributed by atoms with E-state index in [4.69, 9.17) is 5.11 Å². The van der Waals surface area contributed by atoms with Crippen molar-refractivity contribution in [1.29, 1.82) is 0 Å². The van der Waals surface area contributed by atoms with Crippen molar-refractivity contribution >= 4 is 5.91 Å². The molecule has 0 atom stereocenters. The Hall–Kier alpha value is -2.35. The molecule has 1 aromatic heterocycles. The largest absolute Gasteiger partial charge is 0.416 e. The maximum absolute atomic E-state index is 12.6. The van der Waals surface area contributed by atoms with Crippen LogP contribution in [0.25, 0.3) is 5.69 Å². The second-order valence-corrected chi connectivity index (χ2v) is 4.19. The van der Waals surface area contributed by atoms with E-state index in [0.29, 0.717) is 0 Å². The van der Waals surface area contributed by atoms with Crippen LogP contribution in [0.15, 0.2) is 36.8 Å². The molecule has 0 aliphatic carbocycles. The Labute approximate surface area is 118 Å². The lowest BCUT2D eigenvalue weighted by Gasteiger charge is -2.08. The number of nitrogens with zero attached hydrogens (tertiary/aromatic N) is 2. The molecule has 0 aliphatic heterocycles. The molecule has 0 spiro atoms. The molecule has 1 heterocycles. The van der Waals surface area contributed by atoms with Crippen LogP contribution in [0, 0.1) is 0 Å². The standard InChI is InChI=1S/C13H12F3N3O2/c14-13(15,16)9-2-1-3-10(6-9)19-7-11(18-8-19)12(21)17-4-5-20/h1-3,6-8,20H,4-5H2,(H,17,21). The van der Waals surface area contributed by atoms with Gasteiger partial charge in [0.05, 0.1) is 12.2 Å². The average Bonchev–Trinajstić information content (AvgIpc) is 2.94. The summed E-state index contributed by atoms with van der Waals surface area (Å²) >= 11 is 0. The van der Waals surface area contributed by atoms with Gasteiger partial charge in [-0.25, -0.2) is 4.98 Å². The van der Waals surface area contributed by atoms with Crippen LogP contribution >= 0.6 is 0 Å². The lowest BCUT2D eigenvalue weighted by atomic mass is 10.2. The molecule has 2 rings (SSSR count). The topological polar surface area (TPSA) is 67.2 Å². The normalized spacial score (nSPS) is 11.4. The molecular formula is C13H12F3N3O2. The summed E-state index contributed by atoms with van der Waals surface area (Å²) in [5.41, 5.74) is -0.473. The van der Waals surface area contributed by atoms with Crippen molar-refractivity contribution in [3.63, 3.8) is 0 Å². The number of aliphatic hydroxyl groups excluding tert-OH is 1. The van der Waals surface area contributed by atoms with Crippen molar-refractivity contribution in [2.75, 3.05) is 13.2 Å². The SMILES string of the molecule is O=C(NCCO)c1cn(-c2cccc(C(F)(F)F)c2)cn1. The number of carbonyl (C=O) groups is 1. The maximum Gasteiger partial charge on any atom is 0.416 e. The zero-order valence-electron chi connectivity index (χ0n) is 10.8. The third kappa shape index (κ3) is 3.60. The minimum atomic E-state index is -4.43. The fourth-order valence-corrected chi connectivity index (χ4v) is 1.68. The number of hydrogen-bond donors (Lipinski definition) is 2. The number of hydrogen-bond acceptors (Lipinski definition) is 3. The van der Waals surface area contributed by atoms with Crippen LogP contribution < -0.4 is 5.32 Å². The highest BCUT2D eigenvalue weighted by Crippen LogP contribution is 2.30. The van der Waals surface area contributed by atoms with Crippen LogP contribution in [0.1, 0.15) is 16.1 Å². The lowest BCUT2D eigenvalue weighted by Crippen LogP contribution is -2.26. The van der Waals surface area contributed by atoms with Crippen LogP contribution in [0.4, 0.5) is 13.2 Å². The number of nitrogens with one attached hydrogen (secondary N) is 1. The van der Waals surface area contributed by atoms with Crippen molar-refractivity contribution in [2.45, 2.75) is 6.18 Å². The minimum Gasteiger partial charge on any atom is -0.395 e. The molecule has 0 bridgehead atoms. The highest BCUT2D eigenvalue weighted by atomic mass is 19.4. The molecule has 2 aromatic rings. The quantitative estimate of drug-likeness (QED) is 0.901. The summed E-state index contributed by atoms with van der Waals surface area (Å²) < 4.78 is 39.3. The molecule has 0 saturated heterocycles. The molecule has 0 aliphatic rings. The van der Waals surface area contributed by atoms with Gasteiger partial charge in [0.15, 0.2) is 0 Å². The lowest BCUT2D eigenvalue weighted by molar-refractivity contribution is -0.137. The van der Waals surface area contributed by atoms with E-state index in [2.05, 4.69) is 10.3 Å². The highest BCUT2D eigenvalue weighted by molar-refractivity contribution is 5.92. The van der Waals surface area contributed by atoms with Crippen LogP contribution in [0.5, 0.6) is 0 Å². The van der Waals surface area contributed by atoms with Gasteiger partial charge in [0.25, 0.3) is 5.91 Å². The number of halogens is 3. The summed E-state index contributed by atoms with van der Waals surface area (Å²) in [4.78, 5) is 15.4. The van der Waals surface area contributed by atoms with Crippen LogP contribution in [0.3, 0.4) is 0 Å². The second-order valence-electron chi connectivity index (χ2n) is 4.19. The van der Waals surface area contributed by atoms with Gasteiger partial charge in [-0.05, 0) is 18.2 Å². The van der Waals surface area contributed by atoms with Gasteiger partial charge in [-0.1, -0.05) is 6.07 Å². The molecule has 0 unspecified atom stereocenters. The third-order valence-electron chi connectivity index (χ3n) is 2.68. The summed E-state index contributed by atoms with van der Waals surface area (Å²) in [7, 11) is 0. The summed E-state index contributed by atoms with van der Waals surface area (Å²) in [5.74, 6) is -0.505. The number of carbonyl (C=O) groups excluding carboxylic acids is 1. The van der Waals surface area contributed by atoms with E-state index in [1.54, 1.807) is 0 Å². The van der Waals surface area contributed by atoms with E-state index in [9.17, 15) is 18.0 Å². The predicted molar refractivity (Wildman–Crippen MR) is 68.0 cm³/mol. The molecule has 1 aromatic carbocycles. The fraction of sp³-hybridized carbons (Fsp3) is 0.231. The fourth-order valence-electron chi connectivity index (χ4n) is 1.68. The first-order valence-corrected chi connectivity index (χ1v) is 6.02. The first-order valence-electron chi connectivity index (χ1n) is 6.02. The third-order valence-corrected chi connectivity index (χ3v) is 2.68. The van der Waals surface area contributed by atoms with Gasteiger partial charge < -0.3 is 15.0 Å². The first-order chi connectivity index (χ1) is 9.91. The van der Waals surface area contributed by atoms with Crippen molar-refractivity contribution in [1.82, 2.24) is 14.9 Å². The van der Waals surface area contributed by atoms with Crippen molar-refractivity contribution < 1.29 is 23.1 Å². The van der Waals surface area contributed by atoms with Crippen molar-refractivity contribution in [3.05, 3.63) is 48.0 Å². The number of benzene rings is 1. The molecule has 2 N–H and O–H groups in total. The van der Waals surface area contributed by atoms with E-state index in [0.717, 1.165) is 12.1 Å². The second kappa shape index (κ2) is 5.96. The number of imidazole rings is 1. The van der Waals surface area contributed by atoms with Crippen LogP contribution in [-0.4, -0.2) is 33.7 Å². The van der Waals surface area contributed by atoms with Crippen molar-refractivity contribution in [3.8, 4) is 5.69 Å². The van der Waals surface area contributed by atoms with Gasteiger partial charge in [0.2, 0.25) is 0 Å². The number of aliphatic hydroxyl groups is 1. The predicted octanol–water partition coefficient (Wildman–Crippen LogP) is 1.61. The number of rotatable bonds is 4. The van der Waals surface area contributed by atoms with E-state index in [-0.39, 0.29) is 24.5 Å². The van der Waals surface area contributed by atoms with E-state index in [1.807, 2.05) is 0 Å². The Bertz CT molecular complexity index is 638. The molecule has 0 fully saturated rings. The number of amides is 1. The van der Waals surface area contributed by atoms with Crippen LogP contribution in [0.2, 0.25) is 0 Å². The Morgan fingerprint density at radius 2 is 2.14 bits per heavy atom. The van der Waals surface area contributed by atoms with Crippen molar-refractivity contribution in [2.24, 2.45) is 0 Å². The minimum absolute atomic E-state index is 0.0564. The van der Waals surface area contributed by atoms with Gasteiger partial charge in [0, 0.05) is 18.4 Å². The molecule has 0 saturated carbocycles. The van der Waals surface area contributed by atoms with E-state index >= 15 is 0 Å². The van der Waals surface area contributed by atoms with E-state index < -0.39 is 17.6 Å². The molecule has 1 amide bonds. The Kier molecular flexibility index (Phi) is 4.27. The van der Waals surface area contributed by atoms with Gasteiger partial charge in [-0.3, -0.25) is 4.79 Å². The average molecular weight is 299 g/mol. The zero-order valence-corrected chi connectivity index (χ0v) is 10.8. The summed E-state index contributed by atoms with van der Waals surface area (Å²) in [6.45, 7) is -0.130. The molecule has 5 nitrogen and oxygen atoms in total. The first kappa shape index (κ1) is 15.0. The Morgan fingerprint density at radius 1 is 1.38 bits per heavy atom. The zero-order chi connectivity index (χ0) is 15.5. The Balaban J connectivity index is 2.24. The van der Waals surface area contributed by atoms with Crippen LogP contribution in [-0.2, 0) is 6.18 Å².